The van der Waals surface area contributed by atoms with Gasteiger partial charge >= 0.3 is 0 Å². The van der Waals surface area contributed by atoms with Crippen LogP contribution in [0.25, 0.3) is 0 Å². The highest BCUT2D eigenvalue weighted by Gasteiger charge is 2.05. The maximum Gasteiger partial charge on any atom is 0.271 e. The Labute approximate surface area is 171 Å². The van der Waals surface area contributed by atoms with Gasteiger partial charge in [0.15, 0.2) is 0 Å². The molecule has 0 saturated heterocycles. The largest absolute Gasteiger partial charge is 0.493 e. The third kappa shape index (κ3) is 5.94. The summed E-state index contributed by atoms with van der Waals surface area (Å²) in [6, 6.07) is 22.7. The minimum atomic E-state index is -0.291. The number of rotatable bonds is 8. The molecule has 0 spiro atoms. The highest BCUT2D eigenvalue weighted by molar-refractivity contribution is 5.95. The first-order valence-corrected chi connectivity index (χ1v) is 9.49. The van der Waals surface area contributed by atoms with E-state index in [1.54, 1.807) is 30.5 Å². The van der Waals surface area contributed by atoms with Crippen molar-refractivity contribution in [3.05, 3.63) is 95.1 Å². The zero-order valence-corrected chi connectivity index (χ0v) is 16.6. The van der Waals surface area contributed by atoms with E-state index in [4.69, 9.17) is 9.47 Å². The van der Waals surface area contributed by atoms with Gasteiger partial charge in [0.05, 0.1) is 12.8 Å². The van der Waals surface area contributed by atoms with Gasteiger partial charge in [-0.15, -0.1) is 0 Å². The summed E-state index contributed by atoms with van der Waals surface area (Å²) in [6.07, 6.45) is 1.57. The van der Waals surface area contributed by atoms with Crippen LogP contribution in [0.15, 0.2) is 77.9 Å². The van der Waals surface area contributed by atoms with Crippen molar-refractivity contribution in [1.29, 1.82) is 0 Å². The van der Waals surface area contributed by atoms with Crippen molar-refractivity contribution in [3.8, 4) is 11.5 Å². The van der Waals surface area contributed by atoms with Crippen LogP contribution in [0.5, 0.6) is 11.5 Å². The molecule has 0 unspecified atom stereocenters. The minimum absolute atomic E-state index is 0.291. The topological polar surface area (TPSA) is 59.9 Å². The second-order valence-electron chi connectivity index (χ2n) is 6.47. The van der Waals surface area contributed by atoms with Gasteiger partial charge in [-0.25, -0.2) is 5.43 Å². The van der Waals surface area contributed by atoms with E-state index in [2.05, 4.69) is 29.6 Å². The Hall–Kier alpha value is -3.60. The predicted molar refractivity (Wildman–Crippen MR) is 115 cm³/mol. The Balaban J connectivity index is 1.54. The molecule has 0 saturated carbocycles. The number of nitrogens with one attached hydrogen (secondary N) is 1. The molecule has 0 aliphatic carbocycles. The monoisotopic (exact) mass is 388 g/mol. The Morgan fingerprint density at radius 2 is 1.69 bits per heavy atom. The number of carbonyl (C=O) groups excluding carboxylic acids is 1. The van der Waals surface area contributed by atoms with E-state index in [1.807, 2.05) is 43.3 Å². The van der Waals surface area contributed by atoms with Crippen molar-refractivity contribution >= 4 is 12.1 Å². The quantitative estimate of drug-likeness (QED) is 0.448. The second kappa shape index (κ2) is 10.1. The van der Waals surface area contributed by atoms with Crippen molar-refractivity contribution < 1.29 is 14.3 Å². The molecule has 0 aromatic heterocycles. The summed E-state index contributed by atoms with van der Waals surface area (Å²) < 4.78 is 11.3. The molecule has 3 aromatic rings. The normalized spacial score (nSPS) is 10.7. The highest BCUT2D eigenvalue weighted by atomic mass is 16.5. The number of amides is 1. The van der Waals surface area contributed by atoms with Crippen LogP contribution in [0.3, 0.4) is 0 Å². The van der Waals surface area contributed by atoms with Crippen LogP contribution in [0.2, 0.25) is 0 Å². The molecular weight excluding hydrogens is 364 g/mol. The maximum absolute atomic E-state index is 12.3. The van der Waals surface area contributed by atoms with E-state index in [0.29, 0.717) is 24.5 Å². The minimum Gasteiger partial charge on any atom is -0.493 e. The molecule has 0 bridgehead atoms. The first kappa shape index (κ1) is 20.1. The molecule has 5 nitrogen and oxygen atoms in total. The van der Waals surface area contributed by atoms with Crippen LogP contribution < -0.4 is 14.9 Å². The number of aryl methyl sites for hydroxylation is 1. The summed E-state index contributed by atoms with van der Waals surface area (Å²) in [6.45, 7) is 5.02. The molecule has 29 heavy (non-hydrogen) atoms. The van der Waals surface area contributed by atoms with Gasteiger partial charge in [-0.05, 0) is 55.8 Å². The number of ether oxygens (including phenoxy) is 2. The smallest absolute Gasteiger partial charge is 0.271 e. The second-order valence-corrected chi connectivity index (χ2v) is 6.47. The number of hydrazone groups is 1. The lowest BCUT2D eigenvalue weighted by atomic mass is 10.2. The van der Waals surface area contributed by atoms with E-state index in [0.717, 1.165) is 16.9 Å². The molecule has 148 valence electrons. The summed E-state index contributed by atoms with van der Waals surface area (Å²) in [7, 11) is 0. The van der Waals surface area contributed by atoms with Gasteiger partial charge in [0.2, 0.25) is 0 Å². The molecule has 1 N–H and O–H groups in total. The molecule has 0 radical (unpaired) electrons. The molecule has 0 heterocycles. The molecule has 0 fully saturated rings. The van der Waals surface area contributed by atoms with E-state index in [9.17, 15) is 4.79 Å². The summed E-state index contributed by atoms with van der Waals surface area (Å²) >= 11 is 0. The Morgan fingerprint density at radius 3 is 2.41 bits per heavy atom. The van der Waals surface area contributed by atoms with Crippen molar-refractivity contribution in [1.82, 2.24) is 5.43 Å². The Kier molecular flexibility index (Phi) is 7.00. The zero-order valence-electron chi connectivity index (χ0n) is 16.6. The number of nitrogens with zero attached hydrogens (tertiary/aromatic N) is 1. The van der Waals surface area contributed by atoms with Gasteiger partial charge in [0, 0.05) is 11.1 Å². The third-order valence-corrected chi connectivity index (χ3v) is 4.23. The van der Waals surface area contributed by atoms with Crippen LogP contribution in [-0.2, 0) is 6.61 Å². The summed E-state index contributed by atoms with van der Waals surface area (Å²) in [5.74, 6) is 1.14. The standard InChI is InChI=1S/C24H24N2O3/c1-3-28-23-7-5-4-6-21(23)16-25-26-24(27)20-12-14-22(15-13-20)29-17-19-10-8-18(2)9-11-19/h4-16H,3,17H2,1-2H3,(H,26,27). The third-order valence-electron chi connectivity index (χ3n) is 4.23. The lowest BCUT2D eigenvalue weighted by Crippen LogP contribution is -2.17. The Morgan fingerprint density at radius 1 is 0.966 bits per heavy atom. The SMILES string of the molecule is CCOc1ccccc1C=NNC(=O)c1ccc(OCc2ccc(C)cc2)cc1. The number of hydrogen-bond acceptors (Lipinski definition) is 4. The van der Waals surface area contributed by atoms with Crippen molar-refractivity contribution in [2.75, 3.05) is 6.61 Å². The van der Waals surface area contributed by atoms with Crippen molar-refractivity contribution in [2.45, 2.75) is 20.5 Å². The Bertz CT molecular complexity index is 964. The van der Waals surface area contributed by atoms with Gasteiger partial charge in [0.25, 0.3) is 5.91 Å². The molecule has 5 heteroatoms. The molecule has 3 aromatic carbocycles. The summed E-state index contributed by atoms with van der Waals surface area (Å²) in [5, 5.41) is 4.03. The number of benzene rings is 3. The molecule has 3 rings (SSSR count). The van der Waals surface area contributed by atoms with Crippen LogP contribution >= 0.6 is 0 Å². The van der Waals surface area contributed by atoms with Gasteiger partial charge in [0.1, 0.15) is 18.1 Å². The highest BCUT2D eigenvalue weighted by Crippen LogP contribution is 2.16. The number of hydrogen-bond donors (Lipinski definition) is 1. The van der Waals surface area contributed by atoms with Crippen LogP contribution in [-0.4, -0.2) is 18.7 Å². The lowest BCUT2D eigenvalue weighted by molar-refractivity contribution is 0.0955. The fraction of sp³-hybridized carbons (Fsp3) is 0.167. The first-order chi connectivity index (χ1) is 14.2. The van der Waals surface area contributed by atoms with E-state index in [-0.39, 0.29) is 5.91 Å². The molecule has 0 aliphatic heterocycles. The summed E-state index contributed by atoms with van der Waals surface area (Å²) in [5.41, 5.74) is 6.15. The fourth-order valence-corrected chi connectivity index (χ4v) is 2.65. The maximum atomic E-state index is 12.3. The predicted octanol–water partition coefficient (Wildman–Crippen LogP) is 4.74. The molecule has 0 atom stereocenters. The lowest BCUT2D eigenvalue weighted by Gasteiger charge is -2.08. The van der Waals surface area contributed by atoms with Gasteiger partial charge in [-0.3, -0.25) is 4.79 Å². The number of carbonyl (C=O) groups is 1. The van der Waals surface area contributed by atoms with E-state index in [1.165, 1.54) is 5.56 Å². The van der Waals surface area contributed by atoms with Gasteiger partial charge in [-0.1, -0.05) is 42.0 Å². The van der Waals surface area contributed by atoms with E-state index < -0.39 is 0 Å². The summed E-state index contributed by atoms with van der Waals surface area (Å²) in [4.78, 5) is 12.3. The van der Waals surface area contributed by atoms with E-state index >= 15 is 0 Å². The molecular formula is C24H24N2O3. The first-order valence-electron chi connectivity index (χ1n) is 9.49. The van der Waals surface area contributed by atoms with Crippen LogP contribution in [0.1, 0.15) is 34.0 Å². The van der Waals surface area contributed by atoms with Crippen molar-refractivity contribution in [3.63, 3.8) is 0 Å². The van der Waals surface area contributed by atoms with Crippen molar-refractivity contribution in [2.24, 2.45) is 5.10 Å². The van der Waals surface area contributed by atoms with Crippen LogP contribution in [0, 0.1) is 6.92 Å². The fourth-order valence-electron chi connectivity index (χ4n) is 2.65. The van der Waals surface area contributed by atoms with Gasteiger partial charge in [-0.2, -0.15) is 5.10 Å². The number of para-hydroxylation sites is 1. The van der Waals surface area contributed by atoms with Crippen LogP contribution in [0.4, 0.5) is 0 Å². The zero-order chi connectivity index (χ0) is 20.5. The average molecular weight is 388 g/mol. The molecule has 1 amide bonds. The average Bonchev–Trinajstić information content (AvgIpc) is 2.75. The van der Waals surface area contributed by atoms with Gasteiger partial charge < -0.3 is 9.47 Å². The molecule has 0 aliphatic rings.